The fraction of sp³-hybridized carbons (Fsp3) is 0.103. The van der Waals surface area contributed by atoms with Crippen molar-refractivity contribution < 1.29 is 0 Å². The van der Waals surface area contributed by atoms with Crippen molar-refractivity contribution in [2.75, 3.05) is 14.7 Å². The largest absolute Gasteiger partial charge is 0.310 e. The molecule has 0 N–H and O–H groups in total. The third kappa shape index (κ3) is 8.96. The predicted molar refractivity (Wildman–Crippen MR) is 344 cm³/mol. The second-order valence-electron chi connectivity index (χ2n) is 22.9. The van der Waals surface area contributed by atoms with Crippen LogP contribution in [0.4, 0.5) is 51.2 Å². The van der Waals surface area contributed by atoms with Crippen molar-refractivity contribution in [3.8, 4) is 22.3 Å². The van der Waals surface area contributed by atoms with Crippen LogP contribution in [-0.4, -0.2) is 0 Å². The van der Waals surface area contributed by atoms with Gasteiger partial charge in [0, 0.05) is 62.0 Å². The lowest BCUT2D eigenvalue weighted by Gasteiger charge is -2.28. The van der Waals surface area contributed by atoms with E-state index in [4.69, 9.17) is 0 Å². The molecule has 0 radical (unpaired) electrons. The molecule has 14 rings (SSSR count). The summed E-state index contributed by atoms with van der Waals surface area (Å²) in [5.74, 6) is 0. The van der Waals surface area contributed by atoms with Gasteiger partial charge in [0.15, 0.2) is 0 Å². The number of hydrogen-bond donors (Lipinski definition) is 0. The highest BCUT2D eigenvalue weighted by molar-refractivity contribution is 5.90. The summed E-state index contributed by atoms with van der Waals surface area (Å²) >= 11 is 0. The van der Waals surface area contributed by atoms with E-state index in [2.05, 4.69) is 328 Å². The zero-order valence-electron chi connectivity index (χ0n) is 46.4. The van der Waals surface area contributed by atoms with Gasteiger partial charge in [-0.3, -0.25) is 0 Å². The minimum Gasteiger partial charge on any atom is -0.310 e. The Balaban J connectivity index is 0.743. The number of nitrogens with zero attached hydrogens (tertiary/aromatic N) is 3. The van der Waals surface area contributed by atoms with E-state index in [0.717, 1.165) is 52.7 Å². The second-order valence-corrected chi connectivity index (χ2v) is 22.9. The number of fused-ring (bicyclic) bond motifs is 8. The molecule has 3 heteroatoms. The van der Waals surface area contributed by atoms with Crippen molar-refractivity contribution in [1.29, 1.82) is 0 Å². The molecule has 3 aliphatic rings. The second kappa shape index (κ2) is 20.2. The van der Waals surface area contributed by atoms with E-state index in [0.29, 0.717) is 0 Å². The number of aryl methyl sites for hydroxylation is 2. The monoisotopic (exact) mass is 1040 g/mol. The SMILES string of the molecule is CC1(C)c2cc(/C=C/c3ccc4c(c3)N(c3ccccc3)c3cc(/C=C/c5ccc6c(c5)C(C)(C)c5cc(N(c7ccccc7)c7ccccc7)ccc5-6)ccc3CC4)ccc2-c2ccc(N(c3ccccc3)c3ccccc3)cc21. The maximum absolute atomic E-state index is 2.49. The van der Waals surface area contributed by atoms with Gasteiger partial charge in [-0.15, -0.1) is 0 Å². The van der Waals surface area contributed by atoms with Gasteiger partial charge in [-0.05, 0) is 188 Å². The molecule has 0 saturated heterocycles. The Hall–Kier alpha value is -9.70. The topological polar surface area (TPSA) is 9.72 Å². The first-order chi connectivity index (χ1) is 39.7. The summed E-state index contributed by atoms with van der Waals surface area (Å²) in [5, 5.41) is 0. The average Bonchev–Trinajstić information content (AvgIpc) is 3.76. The Morgan fingerprint density at radius 1 is 0.296 bits per heavy atom. The highest BCUT2D eigenvalue weighted by Crippen LogP contribution is 2.53. The molecule has 81 heavy (non-hydrogen) atoms. The molecule has 0 atom stereocenters. The first-order valence-corrected chi connectivity index (χ1v) is 28.5. The normalized spacial score (nSPS) is 14.1. The third-order valence-corrected chi connectivity index (χ3v) is 17.3. The Bertz CT molecular complexity index is 3880. The van der Waals surface area contributed by atoms with Crippen LogP contribution in [0, 0.1) is 0 Å². The average molecular weight is 1040 g/mol. The first-order valence-electron chi connectivity index (χ1n) is 28.5. The first kappa shape index (κ1) is 49.6. The zero-order chi connectivity index (χ0) is 54.7. The van der Waals surface area contributed by atoms with Gasteiger partial charge in [-0.2, -0.15) is 0 Å². The number of anilines is 9. The molecule has 11 aromatic carbocycles. The van der Waals surface area contributed by atoms with Crippen LogP contribution in [0.25, 0.3) is 46.6 Å². The zero-order valence-corrected chi connectivity index (χ0v) is 46.4. The lowest BCUT2D eigenvalue weighted by Crippen LogP contribution is -2.16. The molecule has 1 aliphatic heterocycles. The third-order valence-electron chi connectivity index (χ3n) is 17.3. The molecule has 3 nitrogen and oxygen atoms in total. The molecule has 390 valence electrons. The molecule has 0 aromatic heterocycles. The molecular weight excluding hydrogens is 979 g/mol. The van der Waals surface area contributed by atoms with Crippen molar-refractivity contribution >= 4 is 75.5 Å². The van der Waals surface area contributed by atoms with E-state index in [1.165, 1.54) is 89.3 Å². The number of rotatable bonds is 11. The summed E-state index contributed by atoms with van der Waals surface area (Å²) in [6, 6.07) is 95.8. The van der Waals surface area contributed by atoms with Crippen molar-refractivity contribution in [3.63, 3.8) is 0 Å². The maximum Gasteiger partial charge on any atom is 0.0499 e. The van der Waals surface area contributed by atoms with Crippen LogP contribution in [0.2, 0.25) is 0 Å². The van der Waals surface area contributed by atoms with E-state index in [1.54, 1.807) is 0 Å². The Kier molecular flexibility index (Phi) is 12.4. The molecule has 0 unspecified atom stereocenters. The van der Waals surface area contributed by atoms with Gasteiger partial charge in [0.2, 0.25) is 0 Å². The molecule has 0 fully saturated rings. The number of para-hydroxylation sites is 5. The maximum atomic E-state index is 2.49. The molecule has 0 saturated carbocycles. The molecular formula is C78H63N3. The van der Waals surface area contributed by atoms with Crippen LogP contribution in [-0.2, 0) is 23.7 Å². The minimum atomic E-state index is -0.184. The molecule has 0 amide bonds. The van der Waals surface area contributed by atoms with E-state index in [-0.39, 0.29) is 10.8 Å². The fourth-order valence-electron chi connectivity index (χ4n) is 13.0. The summed E-state index contributed by atoms with van der Waals surface area (Å²) in [4.78, 5) is 7.21. The summed E-state index contributed by atoms with van der Waals surface area (Å²) in [6.07, 6.45) is 11.1. The number of benzene rings is 11. The Morgan fingerprint density at radius 2 is 0.593 bits per heavy atom. The van der Waals surface area contributed by atoms with Crippen LogP contribution in [0.1, 0.15) is 83.3 Å². The van der Waals surface area contributed by atoms with E-state index >= 15 is 0 Å². The van der Waals surface area contributed by atoms with Crippen LogP contribution in [0.3, 0.4) is 0 Å². The van der Waals surface area contributed by atoms with Gasteiger partial charge >= 0.3 is 0 Å². The lowest BCUT2D eigenvalue weighted by atomic mass is 9.81. The van der Waals surface area contributed by atoms with Gasteiger partial charge in [-0.1, -0.05) is 216 Å². The van der Waals surface area contributed by atoms with Crippen molar-refractivity contribution in [3.05, 3.63) is 316 Å². The van der Waals surface area contributed by atoms with Crippen LogP contribution < -0.4 is 14.7 Å². The summed E-state index contributed by atoms with van der Waals surface area (Å²) < 4.78 is 0. The van der Waals surface area contributed by atoms with Gasteiger partial charge in [0.25, 0.3) is 0 Å². The fourth-order valence-corrected chi connectivity index (χ4v) is 13.0. The Morgan fingerprint density at radius 3 is 0.951 bits per heavy atom. The van der Waals surface area contributed by atoms with Gasteiger partial charge in [0.1, 0.15) is 0 Å². The van der Waals surface area contributed by atoms with Crippen LogP contribution >= 0.6 is 0 Å². The van der Waals surface area contributed by atoms with Crippen molar-refractivity contribution in [2.24, 2.45) is 0 Å². The Labute approximate surface area is 477 Å². The van der Waals surface area contributed by atoms with E-state index in [9.17, 15) is 0 Å². The van der Waals surface area contributed by atoms with Gasteiger partial charge in [-0.25, -0.2) is 0 Å². The summed E-state index contributed by atoms with van der Waals surface area (Å²) in [7, 11) is 0. The number of hydrogen-bond acceptors (Lipinski definition) is 3. The molecule has 2 aliphatic carbocycles. The highest BCUT2D eigenvalue weighted by Gasteiger charge is 2.38. The molecule has 1 heterocycles. The van der Waals surface area contributed by atoms with Crippen LogP contribution in [0.5, 0.6) is 0 Å². The minimum absolute atomic E-state index is 0.184. The van der Waals surface area contributed by atoms with E-state index < -0.39 is 0 Å². The molecule has 0 bridgehead atoms. The molecule has 11 aromatic rings. The smallest absolute Gasteiger partial charge is 0.0499 e. The quantitative estimate of drug-likeness (QED) is 0.120. The van der Waals surface area contributed by atoms with Crippen molar-refractivity contribution in [2.45, 2.75) is 51.4 Å². The summed E-state index contributed by atoms with van der Waals surface area (Å²) in [6.45, 7) is 9.51. The lowest BCUT2D eigenvalue weighted by molar-refractivity contribution is 0.660. The summed E-state index contributed by atoms with van der Waals surface area (Å²) in [5.41, 5.74) is 28.2. The standard InChI is InChI=1S/C78H63N3/c1-77(2)71-48-54(36-44-67(71)69-46-42-65(52-73(69)77)79(60-20-10-5-11-21-60)61-22-12-6-13-23-61)30-32-56-34-38-58-40-41-59-39-35-57(51-76(59)81(75(58)50-56)64-28-18-9-19-29-64)33-31-55-37-45-68-70-47-43-66(53-74(70)78(3,4)72(68)49-55)80(62-24-14-7-15-25-62)63-26-16-8-17-27-63/h5-39,42-53H,40-41H2,1-4H3/b32-30+,33-31+. The molecule has 0 spiro atoms. The van der Waals surface area contributed by atoms with Crippen molar-refractivity contribution in [1.82, 2.24) is 0 Å². The highest BCUT2D eigenvalue weighted by atomic mass is 15.2. The van der Waals surface area contributed by atoms with E-state index in [1.807, 2.05) is 0 Å². The van der Waals surface area contributed by atoms with Gasteiger partial charge in [0.05, 0.1) is 0 Å². The van der Waals surface area contributed by atoms with Gasteiger partial charge < -0.3 is 14.7 Å². The van der Waals surface area contributed by atoms with Crippen LogP contribution in [0.15, 0.2) is 261 Å². The predicted octanol–water partition coefficient (Wildman–Crippen LogP) is 21.1.